The molecule has 0 bridgehead atoms. The van der Waals surface area contributed by atoms with Gasteiger partial charge in [-0.2, -0.15) is 0 Å². The van der Waals surface area contributed by atoms with Gasteiger partial charge in [0.25, 0.3) is 5.69 Å². The lowest BCUT2D eigenvalue weighted by molar-refractivity contribution is -0.384. The van der Waals surface area contributed by atoms with Gasteiger partial charge in [0.2, 0.25) is 0 Å². The van der Waals surface area contributed by atoms with E-state index in [0.29, 0.717) is 13.2 Å². The Bertz CT molecular complexity index is 738. The molecule has 2 aromatic rings. The monoisotopic (exact) mass is 296 g/mol. The average Bonchev–Trinajstić information content (AvgIpc) is 2.89. The molecule has 2 aromatic carbocycles. The summed E-state index contributed by atoms with van der Waals surface area (Å²) in [5.41, 5.74) is 4.73. The Kier molecular flexibility index (Phi) is 3.17. The third-order valence-electron chi connectivity index (χ3n) is 4.50. The zero-order valence-electron chi connectivity index (χ0n) is 12.1. The van der Waals surface area contributed by atoms with E-state index in [0.717, 1.165) is 24.2 Å². The number of non-ortho nitro benzene ring substituents is 1. The Morgan fingerprint density at radius 2 is 1.77 bits per heavy atom. The fourth-order valence-corrected chi connectivity index (χ4v) is 3.51. The zero-order valence-corrected chi connectivity index (χ0v) is 12.1. The van der Waals surface area contributed by atoms with Crippen LogP contribution in [0, 0.1) is 10.1 Å². The molecule has 1 heterocycles. The number of hydrogen-bond donors (Lipinski definition) is 0. The van der Waals surface area contributed by atoms with Crippen molar-refractivity contribution < 1.29 is 9.66 Å². The van der Waals surface area contributed by atoms with E-state index in [2.05, 4.69) is 17.0 Å². The molecule has 0 saturated carbocycles. The quantitative estimate of drug-likeness (QED) is 0.631. The van der Waals surface area contributed by atoms with Crippen molar-refractivity contribution in [3.05, 3.63) is 63.7 Å². The Hall–Kier alpha value is -2.24. The molecular weight excluding hydrogens is 280 g/mol. The minimum Gasteiger partial charge on any atom is -0.379 e. The summed E-state index contributed by atoms with van der Waals surface area (Å²) in [6.07, 6.45) is 0. The number of fused-ring (bicyclic) bond motifs is 3. The van der Waals surface area contributed by atoms with Crippen LogP contribution in [0.2, 0.25) is 0 Å². The zero-order chi connectivity index (χ0) is 15.1. The number of ether oxygens (including phenoxy) is 1. The average molecular weight is 296 g/mol. The summed E-state index contributed by atoms with van der Waals surface area (Å²) in [5.74, 6) is 0. The highest BCUT2D eigenvalue weighted by Crippen LogP contribution is 2.47. The van der Waals surface area contributed by atoms with Crippen LogP contribution in [0.1, 0.15) is 17.2 Å². The number of nitro groups is 1. The third kappa shape index (κ3) is 2.01. The fourth-order valence-electron chi connectivity index (χ4n) is 3.51. The molecule has 4 rings (SSSR count). The van der Waals surface area contributed by atoms with Crippen LogP contribution in [0.4, 0.5) is 5.69 Å². The van der Waals surface area contributed by atoms with Crippen LogP contribution in [0.15, 0.2) is 42.5 Å². The Morgan fingerprint density at radius 3 is 2.55 bits per heavy atom. The highest BCUT2D eigenvalue weighted by molar-refractivity contribution is 5.79. The van der Waals surface area contributed by atoms with Gasteiger partial charge in [-0.3, -0.25) is 15.0 Å². The van der Waals surface area contributed by atoms with Gasteiger partial charge in [-0.1, -0.05) is 24.3 Å². The fraction of sp³-hybridized carbons (Fsp3) is 0.294. The standard InChI is InChI=1S/C17H16N2O3/c20-19(21)12-5-6-14-13-3-1-2-4-15(13)17(16(14)11-12)18-7-9-22-10-8-18/h1-6,11,17H,7-10H2. The van der Waals surface area contributed by atoms with Gasteiger partial charge < -0.3 is 4.74 Å². The third-order valence-corrected chi connectivity index (χ3v) is 4.50. The van der Waals surface area contributed by atoms with Crippen molar-refractivity contribution in [3.8, 4) is 11.1 Å². The molecule has 0 aromatic heterocycles. The minimum atomic E-state index is -0.320. The molecule has 5 heteroatoms. The molecule has 1 saturated heterocycles. The first kappa shape index (κ1) is 13.4. The number of benzene rings is 2. The number of nitrogens with zero attached hydrogens (tertiary/aromatic N) is 2. The SMILES string of the molecule is O=[N+]([O-])c1ccc2c(c1)C(N1CCOCC1)c1ccccc1-2. The molecule has 1 aliphatic heterocycles. The first-order chi connectivity index (χ1) is 10.8. The summed E-state index contributed by atoms with van der Waals surface area (Å²) < 4.78 is 5.45. The molecule has 0 N–H and O–H groups in total. The Labute approximate surface area is 128 Å². The topological polar surface area (TPSA) is 55.6 Å². The molecule has 0 spiro atoms. The van der Waals surface area contributed by atoms with Crippen LogP contribution in [-0.4, -0.2) is 36.1 Å². The number of hydrogen-bond acceptors (Lipinski definition) is 4. The highest BCUT2D eigenvalue weighted by atomic mass is 16.6. The lowest BCUT2D eigenvalue weighted by Crippen LogP contribution is -2.38. The molecule has 112 valence electrons. The normalized spacial score (nSPS) is 20.5. The van der Waals surface area contributed by atoms with Gasteiger partial charge >= 0.3 is 0 Å². The molecule has 1 fully saturated rings. The molecule has 1 unspecified atom stereocenters. The summed E-state index contributed by atoms with van der Waals surface area (Å²) in [7, 11) is 0. The van der Waals surface area contributed by atoms with Gasteiger partial charge in [-0.15, -0.1) is 0 Å². The van der Waals surface area contributed by atoms with Crippen LogP contribution in [-0.2, 0) is 4.74 Å². The van der Waals surface area contributed by atoms with Gasteiger partial charge in [0.05, 0.1) is 24.2 Å². The predicted octanol–water partition coefficient (Wildman–Crippen LogP) is 3.00. The molecular formula is C17H16N2O3. The Balaban J connectivity index is 1.87. The molecule has 5 nitrogen and oxygen atoms in total. The smallest absolute Gasteiger partial charge is 0.269 e. The van der Waals surface area contributed by atoms with Crippen LogP contribution in [0.5, 0.6) is 0 Å². The van der Waals surface area contributed by atoms with Crippen molar-refractivity contribution in [3.63, 3.8) is 0 Å². The van der Waals surface area contributed by atoms with Gasteiger partial charge in [-0.25, -0.2) is 0 Å². The summed E-state index contributed by atoms with van der Waals surface area (Å²) in [5, 5.41) is 11.1. The molecule has 0 amide bonds. The predicted molar refractivity (Wildman–Crippen MR) is 82.8 cm³/mol. The first-order valence-corrected chi connectivity index (χ1v) is 7.45. The van der Waals surface area contributed by atoms with E-state index in [1.807, 2.05) is 18.2 Å². The van der Waals surface area contributed by atoms with Gasteiger partial charge in [0.1, 0.15) is 0 Å². The van der Waals surface area contributed by atoms with Crippen LogP contribution in [0.25, 0.3) is 11.1 Å². The van der Waals surface area contributed by atoms with Crippen molar-refractivity contribution >= 4 is 5.69 Å². The van der Waals surface area contributed by atoms with E-state index < -0.39 is 0 Å². The lowest BCUT2D eigenvalue weighted by Gasteiger charge is -2.33. The van der Waals surface area contributed by atoms with Crippen molar-refractivity contribution in [2.45, 2.75) is 6.04 Å². The molecule has 22 heavy (non-hydrogen) atoms. The van der Waals surface area contributed by atoms with Gasteiger partial charge in [0.15, 0.2) is 0 Å². The van der Waals surface area contributed by atoms with Gasteiger partial charge in [0, 0.05) is 25.2 Å². The largest absolute Gasteiger partial charge is 0.379 e. The molecule has 1 atom stereocenters. The maximum absolute atomic E-state index is 11.1. The van der Waals surface area contributed by atoms with Crippen LogP contribution >= 0.6 is 0 Å². The van der Waals surface area contributed by atoms with E-state index in [4.69, 9.17) is 4.74 Å². The van der Waals surface area contributed by atoms with Crippen molar-refractivity contribution in [2.24, 2.45) is 0 Å². The van der Waals surface area contributed by atoms with E-state index in [1.165, 1.54) is 11.1 Å². The van der Waals surface area contributed by atoms with E-state index in [1.54, 1.807) is 12.1 Å². The van der Waals surface area contributed by atoms with Crippen molar-refractivity contribution in [1.82, 2.24) is 4.90 Å². The van der Waals surface area contributed by atoms with Crippen molar-refractivity contribution in [2.75, 3.05) is 26.3 Å². The number of rotatable bonds is 2. The van der Waals surface area contributed by atoms with Gasteiger partial charge in [-0.05, 0) is 28.3 Å². The molecule has 1 aliphatic carbocycles. The maximum Gasteiger partial charge on any atom is 0.269 e. The van der Waals surface area contributed by atoms with E-state index in [-0.39, 0.29) is 16.7 Å². The molecule has 2 aliphatic rings. The summed E-state index contributed by atoms with van der Waals surface area (Å²) in [6, 6.07) is 13.6. The number of morpholine rings is 1. The lowest BCUT2D eigenvalue weighted by atomic mass is 10.0. The van der Waals surface area contributed by atoms with Crippen molar-refractivity contribution in [1.29, 1.82) is 0 Å². The second-order valence-corrected chi connectivity index (χ2v) is 5.67. The Morgan fingerprint density at radius 1 is 1.05 bits per heavy atom. The molecule has 0 radical (unpaired) electrons. The van der Waals surface area contributed by atoms with E-state index >= 15 is 0 Å². The summed E-state index contributed by atoms with van der Waals surface area (Å²) in [6.45, 7) is 3.12. The second-order valence-electron chi connectivity index (χ2n) is 5.67. The van der Waals surface area contributed by atoms with Crippen LogP contribution < -0.4 is 0 Å². The van der Waals surface area contributed by atoms with E-state index in [9.17, 15) is 10.1 Å². The second kappa shape index (κ2) is 5.19. The maximum atomic E-state index is 11.1. The first-order valence-electron chi connectivity index (χ1n) is 7.45. The minimum absolute atomic E-state index is 0.0926. The van der Waals surface area contributed by atoms with Crippen LogP contribution in [0.3, 0.4) is 0 Å². The number of nitro benzene ring substituents is 1. The summed E-state index contributed by atoms with van der Waals surface area (Å²) >= 11 is 0. The summed E-state index contributed by atoms with van der Waals surface area (Å²) in [4.78, 5) is 13.2. The highest BCUT2D eigenvalue weighted by Gasteiger charge is 2.34.